The van der Waals surface area contributed by atoms with E-state index in [2.05, 4.69) is 15.3 Å². The number of nitrogens with zero attached hydrogens (tertiary/aromatic N) is 2. The van der Waals surface area contributed by atoms with Crippen LogP contribution in [0.5, 0.6) is 0 Å². The molecule has 3 nitrogen and oxygen atoms in total. The maximum Gasteiger partial charge on any atom is 0.441 e. The van der Waals surface area contributed by atoms with Crippen LogP contribution in [0.15, 0.2) is 6.07 Å². The molecule has 1 aromatic rings. The molecule has 1 N–H and O–H groups in total. The van der Waals surface area contributed by atoms with E-state index in [0.29, 0.717) is 5.95 Å². The second-order valence-electron chi connectivity index (χ2n) is 4.13. The van der Waals surface area contributed by atoms with E-state index in [4.69, 9.17) is 0 Å². The maximum absolute atomic E-state index is 11.9. The topological polar surface area (TPSA) is 37.8 Å². The number of halogens is 3. The Morgan fingerprint density at radius 2 is 2.00 bits per heavy atom. The Bertz CT molecular complexity index is 394. The van der Waals surface area contributed by atoms with E-state index in [1.54, 1.807) is 0 Å². The number of thioether (sulfide) groups is 1. The van der Waals surface area contributed by atoms with Gasteiger partial charge in [0.1, 0.15) is 0 Å². The van der Waals surface area contributed by atoms with Gasteiger partial charge in [0.2, 0.25) is 5.95 Å². The van der Waals surface area contributed by atoms with Crippen LogP contribution in [0.1, 0.15) is 31.2 Å². The van der Waals surface area contributed by atoms with E-state index in [-0.39, 0.29) is 30.0 Å². The zero-order valence-electron chi connectivity index (χ0n) is 10.5. The highest BCUT2D eigenvalue weighted by Gasteiger charge is 2.27. The Morgan fingerprint density at radius 1 is 1.33 bits per heavy atom. The summed E-state index contributed by atoms with van der Waals surface area (Å²) >= 11 is -0.0505. The number of rotatable bonds is 5. The third kappa shape index (κ3) is 5.57. The lowest BCUT2D eigenvalue weighted by Crippen LogP contribution is -2.12. The summed E-state index contributed by atoms with van der Waals surface area (Å²) in [5.41, 5.74) is -2.49. The van der Waals surface area contributed by atoms with Gasteiger partial charge in [-0.05, 0) is 30.7 Å². The van der Waals surface area contributed by atoms with Crippen LogP contribution in [0.3, 0.4) is 0 Å². The first-order valence-corrected chi connectivity index (χ1v) is 6.56. The average molecular weight is 279 g/mol. The van der Waals surface area contributed by atoms with Crippen molar-refractivity contribution in [1.82, 2.24) is 9.97 Å². The molecular formula is C11H16F3N3S. The molecule has 1 heterocycles. The van der Waals surface area contributed by atoms with Crippen molar-refractivity contribution in [3.8, 4) is 0 Å². The molecule has 7 heteroatoms. The SMILES string of the molecule is Cc1cc(C(C)C)nc(NCCSC(F)(F)F)n1. The van der Waals surface area contributed by atoms with Crippen LogP contribution in [-0.4, -0.2) is 27.8 Å². The quantitative estimate of drug-likeness (QED) is 0.836. The standard InChI is InChI=1S/C11H16F3N3S/c1-7(2)9-6-8(3)16-10(17-9)15-4-5-18-11(12,13)14/h6-7H,4-5H2,1-3H3,(H,15,16,17). The van der Waals surface area contributed by atoms with Crippen molar-refractivity contribution in [3.63, 3.8) is 0 Å². The molecule has 18 heavy (non-hydrogen) atoms. The number of aryl methyl sites for hydroxylation is 1. The van der Waals surface area contributed by atoms with E-state index in [1.165, 1.54) is 0 Å². The summed E-state index contributed by atoms with van der Waals surface area (Å²) in [5.74, 6) is 0.593. The normalized spacial score (nSPS) is 11.9. The van der Waals surface area contributed by atoms with Crippen molar-refractivity contribution in [3.05, 3.63) is 17.5 Å². The Hall–Kier alpha value is -0.980. The van der Waals surface area contributed by atoms with Gasteiger partial charge in [-0.2, -0.15) is 13.2 Å². The van der Waals surface area contributed by atoms with Gasteiger partial charge in [-0.1, -0.05) is 13.8 Å². The summed E-state index contributed by atoms with van der Waals surface area (Å²) in [6, 6.07) is 1.88. The minimum absolute atomic E-state index is 0.0505. The molecule has 0 radical (unpaired) electrons. The largest absolute Gasteiger partial charge is 0.441 e. The van der Waals surface area contributed by atoms with E-state index >= 15 is 0 Å². The van der Waals surface area contributed by atoms with Crippen LogP contribution >= 0.6 is 11.8 Å². The molecule has 0 saturated heterocycles. The van der Waals surface area contributed by atoms with E-state index < -0.39 is 5.51 Å². The molecule has 1 rings (SSSR count). The molecule has 0 saturated carbocycles. The minimum atomic E-state index is -4.18. The van der Waals surface area contributed by atoms with E-state index in [0.717, 1.165) is 11.4 Å². The van der Waals surface area contributed by atoms with Crippen LogP contribution in [0.25, 0.3) is 0 Å². The van der Waals surface area contributed by atoms with Gasteiger partial charge < -0.3 is 5.32 Å². The Kier molecular flexibility index (Phi) is 5.25. The predicted octanol–water partition coefficient (Wildman–Crippen LogP) is 3.57. The molecule has 0 spiro atoms. The molecule has 0 unspecified atom stereocenters. The molecule has 0 amide bonds. The van der Waals surface area contributed by atoms with Crippen molar-refractivity contribution >= 4 is 17.7 Å². The summed E-state index contributed by atoms with van der Waals surface area (Å²) in [4.78, 5) is 8.39. The molecule has 0 bridgehead atoms. The Balaban J connectivity index is 2.52. The summed E-state index contributed by atoms with van der Waals surface area (Å²) in [6.45, 7) is 6.03. The lowest BCUT2D eigenvalue weighted by Gasteiger charge is -2.10. The van der Waals surface area contributed by atoms with Crippen LogP contribution in [0, 0.1) is 6.92 Å². The molecule has 0 aliphatic heterocycles. The molecular weight excluding hydrogens is 263 g/mol. The zero-order chi connectivity index (χ0) is 13.8. The molecule has 0 aromatic carbocycles. The third-order valence-electron chi connectivity index (χ3n) is 2.12. The smallest absolute Gasteiger partial charge is 0.353 e. The number of anilines is 1. The Labute approximate surface area is 109 Å². The highest BCUT2D eigenvalue weighted by molar-refractivity contribution is 8.00. The van der Waals surface area contributed by atoms with E-state index in [9.17, 15) is 13.2 Å². The van der Waals surface area contributed by atoms with Crippen LogP contribution in [0.2, 0.25) is 0 Å². The fraction of sp³-hybridized carbons (Fsp3) is 0.636. The van der Waals surface area contributed by atoms with Crippen molar-refractivity contribution in [1.29, 1.82) is 0 Å². The number of hydrogen-bond acceptors (Lipinski definition) is 4. The average Bonchev–Trinajstić information content (AvgIpc) is 2.22. The fourth-order valence-electron chi connectivity index (χ4n) is 1.30. The van der Waals surface area contributed by atoms with Gasteiger partial charge in [0.15, 0.2) is 0 Å². The molecule has 1 aromatic heterocycles. The van der Waals surface area contributed by atoms with Crippen LogP contribution in [-0.2, 0) is 0 Å². The van der Waals surface area contributed by atoms with Gasteiger partial charge in [-0.15, -0.1) is 0 Å². The second kappa shape index (κ2) is 6.26. The first kappa shape index (κ1) is 15.1. The summed E-state index contributed by atoms with van der Waals surface area (Å²) in [5, 5.41) is 2.81. The predicted molar refractivity (Wildman–Crippen MR) is 67.9 cm³/mol. The minimum Gasteiger partial charge on any atom is -0.353 e. The molecule has 102 valence electrons. The number of aromatic nitrogens is 2. The van der Waals surface area contributed by atoms with Gasteiger partial charge in [0.25, 0.3) is 0 Å². The first-order chi connectivity index (χ1) is 8.28. The van der Waals surface area contributed by atoms with Crippen molar-refractivity contribution in [2.24, 2.45) is 0 Å². The summed E-state index contributed by atoms with van der Waals surface area (Å²) in [7, 11) is 0. The third-order valence-corrected chi connectivity index (χ3v) is 2.85. The molecule has 0 aliphatic carbocycles. The monoisotopic (exact) mass is 279 g/mol. The lowest BCUT2D eigenvalue weighted by molar-refractivity contribution is -0.0327. The van der Waals surface area contributed by atoms with Crippen LogP contribution in [0.4, 0.5) is 19.1 Å². The van der Waals surface area contributed by atoms with Gasteiger partial charge in [0, 0.05) is 23.7 Å². The first-order valence-electron chi connectivity index (χ1n) is 5.58. The number of hydrogen-bond donors (Lipinski definition) is 1. The molecule has 0 aliphatic rings. The highest BCUT2D eigenvalue weighted by atomic mass is 32.2. The lowest BCUT2D eigenvalue weighted by atomic mass is 10.1. The van der Waals surface area contributed by atoms with Crippen molar-refractivity contribution < 1.29 is 13.2 Å². The Morgan fingerprint density at radius 3 is 2.56 bits per heavy atom. The highest BCUT2D eigenvalue weighted by Crippen LogP contribution is 2.29. The molecule has 0 fully saturated rings. The van der Waals surface area contributed by atoms with Gasteiger partial charge in [-0.3, -0.25) is 0 Å². The van der Waals surface area contributed by atoms with Gasteiger partial charge in [-0.25, -0.2) is 9.97 Å². The molecule has 0 atom stereocenters. The van der Waals surface area contributed by atoms with Gasteiger partial charge in [0.05, 0.1) is 0 Å². The fourth-order valence-corrected chi connectivity index (χ4v) is 1.73. The van der Waals surface area contributed by atoms with Crippen molar-refractivity contribution in [2.45, 2.75) is 32.2 Å². The maximum atomic E-state index is 11.9. The number of nitrogens with one attached hydrogen (secondary N) is 1. The van der Waals surface area contributed by atoms with E-state index in [1.807, 2.05) is 26.8 Å². The summed E-state index contributed by atoms with van der Waals surface area (Å²) in [6.07, 6.45) is 0. The number of alkyl halides is 3. The summed E-state index contributed by atoms with van der Waals surface area (Å²) < 4.78 is 35.8. The zero-order valence-corrected chi connectivity index (χ0v) is 11.3. The van der Waals surface area contributed by atoms with Gasteiger partial charge >= 0.3 is 5.51 Å². The van der Waals surface area contributed by atoms with Crippen LogP contribution < -0.4 is 5.32 Å². The van der Waals surface area contributed by atoms with Crippen molar-refractivity contribution in [2.75, 3.05) is 17.6 Å². The second-order valence-corrected chi connectivity index (χ2v) is 5.29.